The first-order valence-electron chi connectivity index (χ1n) is 5.45. The lowest BCUT2D eigenvalue weighted by atomic mass is 10.1. The summed E-state index contributed by atoms with van der Waals surface area (Å²) in [6, 6.07) is -0.448. The van der Waals surface area contributed by atoms with Gasteiger partial charge < -0.3 is 10.5 Å². The van der Waals surface area contributed by atoms with Crippen LogP contribution in [0.5, 0.6) is 0 Å². The first kappa shape index (κ1) is 13.4. The maximum absolute atomic E-state index is 11.4. The molecule has 0 aliphatic carbocycles. The van der Waals surface area contributed by atoms with E-state index in [-0.39, 0.29) is 12.1 Å². The van der Waals surface area contributed by atoms with Gasteiger partial charge in [-0.05, 0) is 19.3 Å². The number of carbonyl (C=O) groups excluding carboxylic acids is 1. The molecule has 0 saturated carbocycles. The van der Waals surface area contributed by atoms with Crippen LogP contribution in [0.15, 0.2) is 0 Å². The van der Waals surface area contributed by atoms with E-state index < -0.39 is 6.04 Å². The summed E-state index contributed by atoms with van der Waals surface area (Å²) in [4.78, 5) is 11.4. The molecule has 0 fully saturated rings. The van der Waals surface area contributed by atoms with Crippen molar-refractivity contribution in [3.05, 3.63) is 0 Å². The van der Waals surface area contributed by atoms with Crippen molar-refractivity contribution in [1.29, 1.82) is 0 Å². The van der Waals surface area contributed by atoms with Crippen molar-refractivity contribution in [2.45, 2.75) is 59.1 Å². The lowest BCUT2D eigenvalue weighted by molar-refractivity contribution is -0.152. The molecule has 3 nitrogen and oxygen atoms in total. The highest BCUT2D eigenvalue weighted by atomic mass is 16.5. The maximum atomic E-state index is 11.4. The smallest absolute Gasteiger partial charge is 0.323 e. The Hall–Kier alpha value is -0.570. The number of carbonyl (C=O) groups is 1. The minimum absolute atomic E-state index is 0.0461. The first-order chi connectivity index (χ1) is 6.49. The Morgan fingerprint density at radius 1 is 1.36 bits per heavy atom. The molecular formula is C11H23NO2. The summed E-state index contributed by atoms with van der Waals surface area (Å²) < 4.78 is 5.21. The van der Waals surface area contributed by atoms with Crippen LogP contribution in [0.2, 0.25) is 0 Å². The maximum Gasteiger partial charge on any atom is 0.323 e. The lowest BCUT2D eigenvalue weighted by Gasteiger charge is -2.19. The van der Waals surface area contributed by atoms with Gasteiger partial charge in [-0.2, -0.15) is 0 Å². The van der Waals surface area contributed by atoms with E-state index >= 15 is 0 Å². The molecule has 0 bridgehead atoms. The monoisotopic (exact) mass is 201 g/mol. The van der Waals surface area contributed by atoms with Gasteiger partial charge >= 0.3 is 5.97 Å². The van der Waals surface area contributed by atoms with Gasteiger partial charge in [-0.25, -0.2) is 0 Å². The highest BCUT2D eigenvalue weighted by Crippen LogP contribution is 2.08. The van der Waals surface area contributed by atoms with E-state index in [9.17, 15) is 4.79 Å². The molecule has 3 heteroatoms. The molecule has 0 aromatic carbocycles. The minimum atomic E-state index is -0.448. The van der Waals surface area contributed by atoms with Crippen molar-refractivity contribution < 1.29 is 9.53 Å². The van der Waals surface area contributed by atoms with Crippen LogP contribution in [-0.2, 0) is 9.53 Å². The highest BCUT2D eigenvalue weighted by molar-refractivity contribution is 5.75. The van der Waals surface area contributed by atoms with Crippen LogP contribution < -0.4 is 5.73 Å². The van der Waals surface area contributed by atoms with E-state index in [1.807, 2.05) is 20.8 Å². The molecule has 0 radical (unpaired) electrons. The van der Waals surface area contributed by atoms with Crippen molar-refractivity contribution in [3.8, 4) is 0 Å². The second-order valence-electron chi connectivity index (χ2n) is 4.13. The van der Waals surface area contributed by atoms with Crippen LogP contribution in [0, 0.1) is 5.92 Å². The molecule has 0 rings (SSSR count). The molecule has 0 aliphatic rings. The molecule has 2 N–H and O–H groups in total. The van der Waals surface area contributed by atoms with E-state index in [0.717, 1.165) is 19.3 Å². The Kier molecular flexibility index (Phi) is 6.54. The van der Waals surface area contributed by atoms with Crippen LogP contribution >= 0.6 is 0 Å². The number of nitrogens with two attached hydrogens (primary N) is 1. The molecule has 0 amide bonds. The van der Waals surface area contributed by atoms with E-state index in [1.165, 1.54) is 0 Å². The fourth-order valence-corrected chi connectivity index (χ4v) is 0.949. The summed E-state index contributed by atoms with van der Waals surface area (Å²) in [5, 5.41) is 0. The fourth-order valence-electron chi connectivity index (χ4n) is 0.949. The topological polar surface area (TPSA) is 52.3 Å². The van der Waals surface area contributed by atoms with Crippen LogP contribution in [0.1, 0.15) is 47.0 Å². The van der Waals surface area contributed by atoms with Crippen molar-refractivity contribution in [1.82, 2.24) is 0 Å². The van der Waals surface area contributed by atoms with Crippen molar-refractivity contribution in [2.75, 3.05) is 0 Å². The van der Waals surface area contributed by atoms with E-state index in [4.69, 9.17) is 10.5 Å². The SMILES string of the molecule is CCCC[C@@H](N)C(=O)O[C@H](C)C(C)C. The number of unbranched alkanes of at least 4 members (excludes halogenated alkanes) is 1. The van der Waals surface area contributed by atoms with Crippen LogP contribution in [-0.4, -0.2) is 18.1 Å². The van der Waals surface area contributed by atoms with E-state index in [1.54, 1.807) is 0 Å². The molecule has 0 saturated heterocycles. The predicted molar refractivity (Wildman–Crippen MR) is 57.9 cm³/mol. The Morgan fingerprint density at radius 2 is 1.93 bits per heavy atom. The molecule has 0 aliphatic heterocycles. The average molecular weight is 201 g/mol. The third kappa shape index (κ3) is 5.22. The third-order valence-electron chi connectivity index (χ3n) is 2.41. The Labute approximate surface area is 87.0 Å². The normalized spacial score (nSPS) is 15.3. The van der Waals surface area contributed by atoms with Crippen LogP contribution in [0.3, 0.4) is 0 Å². The quantitative estimate of drug-likeness (QED) is 0.669. The first-order valence-corrected chi connectivity index (χ1v) is 5.45. The fraction of sp³-hybridized carbons (Fsp3) is 0.909. The van der Waals surface area contributed by atoms with E-state index in [0.29, 0.717) is 5.92 Å². The Balaban J connectivity index is 3.82. The Morgan fingerprint density at radius 3 is 2.36 bits per heavy atom. The van der Waals surface area contributed by atoms with Gasteiger partial charge in [-0.15, -0.1) is 0 Å². The Bertz CT molecular complexity index is 169. The minimum Gasteiger partial charge on any atom is -0.461 e. The van der Waals surface area contributed by atoms with Gasteiger partial charge in [-0.3, -0.25) is 4.79 Å². The standard InChI is InChI=1S/C11H23NO2/c1-5-6-7-10(12)11(13)14-9(4)8(2)3/h8-10H,5-7,12H2,1-4H3/t9-,10-/m1/s1. The van der Waals surface area contributed by atoms with Gasteiger partial charge in [0.15, 0.2) is 0 Å². The van der Waals surface area contributed by atoms with Gasteiger partial charge in [0.2, 0.25) is 0 Å². The number of rotatable bonds is 6. The number of hydrogen-bond donors (Lipinski definition) is 1. The van der Waals surface area contributed by atoms with Gasteiger partial charge in [0.1, 0.15) is 12.1 Å². The second kappa shape index (κ2) is 6.82. The van der Waals surface area contributed by atoms with E-state index in [2.05, 4.69) is 6.92 Å². The second-order valence-corrected chi connectivity index (χ2v) is 4.13. The zero-order chi connectivity index (χ0) is 11.1. The summed E-state index contributed by atoms with van der Waals surface area (Å²) in [6.45, 7) is 8.02. The number of esters is 1. The van der Waals surface area contributed by atoms with Crippen molar-refractivity contribution >= 4 is 5.97 Å². The van der Waals surface area contributed by atoms with Gasteiger partial charge in [0, 0.05) is 0 Å². The molecule has 2 atom stereocenters. The molecule has 84 valence electrons. The summed E-state index contributed by atoms with van der Waals surface area (Å²) >= 11 is 0. The third-order valence-corrected chi connectivity index (χ3v) is 2.41. The molecule has 0 unspecified atom stereocenters. The largest absolute Gasteiger partial charge is 0.461 e. The summed E-state index contributed by atoms with van der Waals surface area (Å²) in [7, 11) is 0. The van der Waals surface area contributed by atoms with Crippen LogP contribution in [0.4, 0.5) is 0 Å². The van der Waals surface area contributed by atoms with Crippen LogP contribution in [0.25, 0.3) is 0 Å². The zero-order valence-electron chi connectivity index (χ0n) is 9.75. The van der Waals surface area contributed by atoms with Crippen molar-refractivity contribution in [2.24, 2.45) is 11.7 Å². The molecule has 0 aromatic heterocycles. The lowest BCUT2D eigenvalue weighted by Crippen LogP contribution is -2.35. The molecule has 14 heavy (non-hydrogen) atoms. The number of ether oxygens (including phenoxy) is 1. The predicted octanol–water partition coefficient (Wildman–Crippen LogP) is 2.09. The summed E-state index contributed by atoms with van der Waals surface area (Å²) in [5.41, 5.74) is 5.68. The van der Waals surface area contributed by atoms with Crippen molar-refractivity contribution in [3.63, 3.8) is 0 Å². The molecule has 0 spiro atoms. The summed E-state index contributed by atoms with van der Waals surface area (Å²) in [5.74, 6) is 0.0805. The zero-order valence-corrected chi connectivity index (χ0v) is 9.75. The average Bonchev–Trinajstić information content (AvgIpc) is 2.13. The molecular weight excluding hydrogens is 178 g/mol. The molecule has 0 aromatic rings. The van der Waals surface area contributed by atoms with Gasteiger partial charge in [0.05, 0.1) is 0 Å². The van der Waals surface area contributed by atoms with Gasteiger partial charge in [-0.1, -0.05) is 33.6 Å². The number of hydrogen-bond acceptors (Lipinski definition) is 3. The molecule has 0 heterocycles. The summed E-state index contributed by atoms with van der Waals surface area (Å²) in [6.07, 6.45) is 2.71. The highest BCUT2D eigenvalue weighted by Gasteiger charge is 2.18. The van der Waals surface area contributed by atoms with Gasteiger partial charge in [0.25, 0.3) is 0 Å².